The molecule has 6 nitrogen and oxygen atoms in total. The number of hydrogen-bond donors (Lipinski definition) is 2. The van der Waals surface area contributed by atoms with Gasteiger partial charge in [0.05, 0.1) is 10.9 Å². The third-order valence-electron chi connectivity index (χ3n) is 5.13. The Morgan fingerprint density at radius 2 is 1.48 bits per heavy atom. The van der Waals surface area contributed by atoms with Gasteiger partial charge in [-0.05, 0) is 67.6 Å². The van der Waals surface area contributed by atoms with Crippen LogP contribution in [0.4, 0.5) is 0 Å². The quantitative estimate of drug-likeness (QED) is 0.407. The Labute approximate surface area is 199 Å². The molecule has 1 amide bonds. The van der Waals surface area contributed by atoms with Crippen molar-refractivity contribution in [1.29, 1.82) is 0 Å². The van der Waals surface area contributed by atoms with Crippen LogP contribution in [0.25, 0.3) is 0 Å². The van der Waals surface area contributed by atoms with Crippen LogP contribution in [-0.4, -0.2) is 27.2 Å². The predicted molar refractivity (Wildman–Crippen MR) is 132 cm³/mol. The zero-order valence-electron chi connectivity index (χ0n) is 18.8. The van der Waals surface area contributed by atoms with E-state index in [2.05, 4.69) is 10.0 Å². The van der Waals surface area contributed by atoms with Crippen LogP contribution in [0, 0.1) is 0 Å². The van der Waals surface area contributed by atoms with Crippen LogP contribution in [0.3, 0.4) is 0 Å². The van der Waals surface area contributed by atoms with Gasteiger partial charge in [-0.25, -0.2) is 13.1 Å². The Morgan fingerprint density at radius 1 is 0.879 bits per heavy atom. The summed E-state index contributed by atoms with van der Waals surface area (Å²) < 4.78 is 33.5. The molecule has 0 bridgehead atoms. The molecular weight excluding hydrogens is 456 g/mol. The summed E-state index contributed by atoms with van der Waals surface area (Å²) in [7, 11) is -3.69. The molecule has 0 spiro atoms. The van der Waals surface area contributed by atoms with E-state index in [4.69, 9.17) is 4.74 Å². The van der Waals surface area contributed by atoms with E-state index in [0.717, 1.165) is 16.0 Å². The Morgan fingerprint density at radius 3 is 2.09 bits per heavy atom. The number of sulfonamides is 1. The molecule has 2 N–H and O–H groups in total. The van der Waals surface area contributed by atoms with E-state index < -0.39 is 10.0 Å². The van der Waals surface area contributed by atoms with Crippen LogP contribution < -0.4 is 14.8 Å². The van der Waals surface area contributed by atoms with E-state index in [1.54, 1.807) is 30.8 Å². The first-order valence-corrected chi connectivity index (χ1v) is 13.2. The van der Waals surface area contributed by atoms with Crippen LogP contribution >= 0.6 is 11.8 Å². The van der Waals surface area contributed by atoms with E-state index in [9.17, 15) is 13.2 Å². The summed E-state index contributed by atoms with van der Waals surface area (Å²) in [6.45, 7) is 3.54. The van der Waals surface area contributed by atoms with Crippen molar-refractivity contribution >= 4 is 27.7 Å². The summed E-state index contributed by atoms with van der Waals surface area (Å²) in [6.07, 6.45) is 2.02. The van der Waals surface area contributed by atoms with Crippen molar-refractivity contribution in [2.45, 2.75) is 35.7 Å². The minimum atomic E-state index is -3.69. The molecule has 0 aliphatic carbocycles. The fraction of sp³-hybridized carbons (Fsp3) is 0.240. The van der Waals surface area contributed by atoms with Gasteiger partial charge in [0.25, 0.3) is 5.91 Å². The highest BCUT2D eigenvalue weighted by molar-refractivity contribution is 7.98. The first kappa shape index (κ1) is 24.8. The smallest absolute Gasteiger partial charge is 0.258 e. The maximum Gasteiger partial charge on any atom is 0.258 e. The molecule has 3 aromatic carbocycles. The molecule has 3 aromatic rings. The number of rotatable bonds is 10. The van der Waals surface area contributed by atoms with Crippen molar-refractivity contribution in [3.63, 3.8) is 0 Å². The van der Waals surface area contributed by atoms with Crippen LogP contribution in [0.1, 0.15) is 37.1 Å². The lowest BCUT2D eigenvalue weighted by Crippen LogP contribution is -2.31. The second-order valence-corrected chi connectivity index (χ2v) is 10.2. The Hall–Kier alpha value is -2.81. The molecule has 0 heterocycles. The standard InChI is InChI=1S/C25H28N2O4S2/c1-18(21-9-13-23(32-3)14-10-21)26-25(28)17-31-22-11-15-24(16-12-22)33(29,30)27-19(2)20-7-5-4-6-8-20/h4-16,18-19,27H,17H2,1-3H3,(H,26,28)/t18-,19+/m0/s1. The lowest BCUT2D eigenvalue weighted by Gasteiger charge is -2.16. The van der Waals surface area contributed by atoms with Gasteiger partial charge < -0.3 is 10.1 Å². The lowest BCUT2D eigenvalue weighted by molar-refractivity contribution is -0.123. The van der Waals surface area contributed by atoms with Gasteiger partial charge in [-0.15, -0.1) is 11.8 Å². The highest BCUT2D eigenvalue weighted by atomic mass is 32.2. The minimum absolute atomic E-state index is 0.129. The molecule has 0 saturated carbocycles. The molecule has 0 fully saturated rings. The van der Waals surface area contributed by atoms with Crippen LogP contribution in [0.15, 0.2) is 88.7 Å². The van der Waals surface area contributed by atoms with Crippen molar-refractivity contribution in [3.05, 3.63) is 90.0 Å². The number of hydrogen-bond acceptors (Lipinski definition) is 5. The normalized spacial score (nSPS) is 13.2. The van der Waals surface area contributed by atoms with Gasteiger partial charge in [0.2, 0.25) is 10.0 Å². The Kier molecular flexibility index (Phi) is 8.55. The molecule has 0 saturated heterocycles. The number of amides is 1. The lowest BCUT2D eigenvalue weighted by atomic mass is 10.1. The fourth-order valence-corrected chi connectivity index (χ4v) is 4.87. The SMILES string of the molecule is CSc1ccc([C@H](C)NC(=O)COc2ccc(S(=O)(=O)N[C@H](C)c3ccccc3)cc2)cc1. The van der Waals surface area contributed by atoms with Crippen LogP contribution in [-0.2, 0) is 14.8 Å². The Balaban J connectivity index is 1.52. The monoisotopic (exact) mass is 484 g/mol. The summed E-state index contributed by atoms with van der Waals surface area (Å²) in [5.41, 5.74) is 1.88. The number of carbonyl (C=O) groups is 1. The summed E-state index contributed by atoms with van der Waals surface area (Å²) in [6, 6.07) is 22.9. The molecule has 0 aliphatic heterocycles. The largest absolute Gasteiger partial charge is 0.484 e. The first-order valence-electron chi connectivity index (χ1n) is 10.5. The molecule has 2 atom stereocenters. The van der Waals surface area contributed by atoms with Gasteiger partial charge in [0.1, 0.15) is 5.75 Å². The summed E-state index contributed by atoms with van der Waals surface area (Å²) in [4.78, 5) is 13.6. The van der Waals surface area contributed by atoms with Gasteiger partial charge in [0.15, 0.2) is 6.61 Å². The topological polar surface area (TPSA) is 84.5 Å². The first-order chi connectivity index (χ1) is 15.8. The molecule has 0 radical (unpaired) electrons. The van der Waals surface area contributed by atoms with Gasteiger partial charge >= 0.3 is 0 Å². The highest BCUT2D eigenvalue weighted by Crippen LogP contribution is 2.21. The summed E-state index contributed by atoms with van der Waals surface area (Å²) in [5.74, 6) is 0.156. The number of nitrogens with one attached hydrogen (secondary N) is 2. The van der Waals surface area contributed by atoms with E-state index >= 15 is 0 Å². The second-order valence-electron chi connectivity index (χ2n) is 7.58. The maximum absolute atomic E-state index is 12.7. The van der Waals surface area contributed by atoms with Crippen molar-refractivity contribution < 1.29 is 17.9 Å². The van der Waals surface area contributed by atoms with E-state index in [1.807, 2.05) is 67.8 Å². The average molecular weight is 485 g/mol. The summed E-state index contributed by atoms with van der Waals surface area (Å²) >= 11 is 1.66. The van der Waals surface area contributed by atoms with E-state index in [-0.39, 0.29) is 29.5 Å². The van der Waals surface area contributed by atoms with Crippen LogP contribution in [0.5, 0.6) is 5.75 Å². The molecule has 0 aliphatic rings. The van der Waals surface area contributed by atoms with Crippen molar-refractivity contribution in [1.82, 2.24) is 10.0 Å². The van der Waals surface area contributed by atoms with Crippen molar-refractivity contribution in [2.24, 2.45) is 0 Å². The van der Waals surface area contributed by atoms with Gasteiger partial charge in [-0.3, -0.25) is 4.79 Å². The number of carbonyl (C=O) groups excluding carboxylic acids is 1. The van der Waals surface area contributed by atoms with E-state index in [0.29, 0.717) is 5.75 Å². The number of thioether (sulfide) groups is 1. The van der Waals surface area contributed by atoms with Gasteiger partial charge in [0, 0.05) is 10.9 Å². The molecular formula is C25H28N2O4S2. The Bertz CT molecular complexity index is 1150. The van der Waals surface area contributed by atoms with Gasteiger partial charge in [-0.1, -0.05) is 42.5 Å². The van der Waals surface area contributed by atoms with Crippen LogP contribution in [0.2, 0.25) is 0 Å². The molecule has 33 heavy (non-hydrogen) atoms. The molecule has 174 valence electrons. The molecule has 8 heteroatoms. The zero-order chi connectivity index (χ0) is 23.8. The summed E-state index contributed by atoms with van der Waals surface area (Å²) in [5, 5.41) is 2.90. The molecule has 0 aromatic heterocycles. The number of ether oxygens (including phenoxy) is 1. The average Bonchev–Trinajstić information content (AvgIpc) is 2.83. The van der Waals surface area contributed by atoms with Crippen molar-refractivity contribution in [2.75, 3.05) is 12.9 Å². The predicted octanol–water partition coefficient (Wildman–Crippen LogP) is 4.70. The molecule has 0 unspecified atom stereocenters. The van der Waals surface area contributed by atoms with Crippen molar-refractivity contribution in [3.8, 4) is 5.75 Å². The third-order valence-corrected chi connectivity index (χ3v) is 7.43. The number of benzene rings is 3. The third kappa shape index (κ3) is 7.08. The van der Waals surface area contributed by atoms with E-state index in [1.165, 1.54) is 12.1 Å². The fourth-order valence-electron chi connectivity index (χ4n) is 3.23. The zero-order valence-corrected chi connectivity index (χ0v) is 20.4. The second kappa shape index (κ2) is 11.4. The molecule has 3 rings (SSSR count). The van der Waals surface area contributed by atoms with Gasteiger partial charge in [-0.2, -0.15) is 0 Å². The highest BCUT2D eigenvalue weighted by Gasteiger charge is 2.18. The maximum atomic E-state index is 12.7. The minimum Gasteiger partial charge on any atom is -0.484 e.